The fourth-order valence-corrected chi connectivity index (χ4v) is 1.83. The minimum absolute atomic E-state index is 0.798. The van der Waals surface area contributed by atoms with Crippen LogP contribution in [-0.4, -0.2) is 0 Å². The van der Waals surface area contributed by atoms with E-state index in [9.17, 15) is 0 Å². The molecule has 1 rings (SSSR count). The molecule has 0 saturated heterocycles. The summed E-state index contributed by atoms with van der Waals surface area (Å²) >= 11 is 0. The van der Waals surface area contributed by atoms with Crippen molar-refractivity contribution in [2.24, 2.45) is 5.92 Å². The van der Waals surface area contributed by atoms with Gasteiger partial charge >= 0.3 is 0 Å². The zero-order valence-electron chi connectivity index (χ0n) is 9.27. The first-order valence-corrected chi connectivity index (χ1v) is 5.52. The van der Waals surface area contributed by atoms with Gasteiger partial charge in [-0.05, 0) is 51.9 Å². The Morgan fingerprint density at radius 3 is 2.69 bits per heavy atom. The molecule has 0 saturated carbocycles. The molecule has 0 radical (unpaired) electrons. The fourth-order valence-electron chi connectivity index (χ4n) is 1.83. The summed E-state index contributed by atoms with van der Waals surface area (Å²) in [5, 5.41) is 0. The first kappa shape index (κ1) is 10.6. The van der Waals surface area contributed by atoms with Crippen molar-refractivity contribution in [3.63, 3.8) is 0 Å². The van der Waals surface area contributed by atoms with Crippen LogP contribution in [0.15, 0.2) is 23.3 Å². The van der Waals surface area contributed by atoms with Crippen molar-refractivity contribution in [1.82, 2.24) is 0 Å². The van der Waals surface area contributed by atoms with Gasteiger partial charge < -0.3 is 0 Å². The van der Waals surface area contributed by atoms with E-state index in [2.05, 4.69) is 32.9 Å². The van der Waals surface area contributed by atoms with Gasteiger partial charge in [0.05, 0.1) is 0 Å². The van der Waals surface area contributed by atoms with Crippen LogP contribution in [0, 0.1) is 5.92 Å². The van der Waals surface area contributed by atoms with Gasteiger partial charge in [-0.2, -0.15) is 0 Å². The van der Waals surface area contributed by atoms with Crippen molar-refractivity contribution in [2.75, 3.05) is 0 Å². The summed E-state index contributed by atoms with van der Waals surface area (Å²) < 4.78 is 0. The molecule has 1 unspecified atom stereocenters. The third kappa shape index (κ3) is 3.80. The van der Waals surface area contributed by atoms with Crippen molar-refractivity contribution in [3.8, 4) is 0 Å². The minimum Gasteiger partial charge on any atom is -0.0856 e. The molecule has 0 heterocycles. The molecule has 74 valence electrons. The maximum atomic E-state index is 2.42. The van der Waals surface area contributed by atoms with E-state index in [1.54, 1.807) is 11.1 Å². The normalized spacial score (nSPS) is 34.2. The van der Waals surface area contributed by atoms with E-state index in [1.165, 1.54) is 32.1 Å². The van der Waals surface area contributed by atoms with Gasteiger partial charge in [0, 0.05) is 0 Å². The molecule has 0 fully saturated rings. The summed E-state index contributed by atoms with van der Waals surface area (Å²) in [7, 11) is 0. The van der Waals surface area contributed by atoms with E-state index in [4.69, 9.17) is 0 Å². The Hall–Kier alpha value is -0.520. The highest BCUT2D eigenvalue weighted by Gasteiger charge is 2.04. The van der Waals surface area contributed by atoms with E-state index < -0.39 is 0 Å². The lowest BCUT2D eigenvalue weighted by molar-refractivity contribution is 0.577. The van der Waals surface area contributed by atoms with Crippen molar-refractivity contribution in [1.29, 1.82) is 0 Å². The lowest BCUT2D eigenvalue weighted by Gasteiger charge is -2.13. The largest absolute Gasteiger partial charge is 0.0856 e. The van der Waals surface area contributed by atoms with Gasteiger partial charge in [0.2, 0.25) is 0 Å². The van der Waals surface area contributed by atoms with Crippen LogP contribution in [0.1, 0.15) is 52.9 Å². The molecule has 0 aromatic rings. The molecule has 13 heavy (non-hydrogen) atoms. The molecule has 0 spiro atoms. The zero-order chi connectivity index (χ0) is 9.68. The fraction of sp³-hybridized carbons (Fsp3) is 0.692. The van der Waals surface area contributed by atoms with Crippen LogP contribution >= 0.6 is 0 Å². The molecular formula is C13H22. The van der Waals surface area contributed by atoms with Crippen molar-refractivity contribution in [2.45, 2.75) is 52.9 Å². The van der Waals surface area contributed by atoms with Crippen LogP contribution in [0.25, 0.3) is 0 Å². The van der Waals surface area contributed by atoms with E-state index in [0.717, 1.165) is 5.92 Å². The van der Waals surface area contributed by atoms with Gasteiger partial charge in [-0.1, -0.05) is 30.2 Å². The lowest BCUT2D eigenvalue weighted by atomic mass is 9.93. The summed E-state index contributed by atoms with van der Waals surface area (Å²) in [6.45, 7) is 6.89. The van der Waals surface area contributed by atoms with Crippen molar-refractivity contribution < 1.29 is 0 Å². The number of hydrogen-bond acceptors (Lipinski definition) is 0. The molecule has 1 aliphatic carbocycles. The molecule has 0 bridgehead atoms. The van der Waals surface area contributed by atoms with E-state index in [0.29, 0.717) is 0 Å². The van der Waals surface area contributed by atoms with Gasteiger partial charge in [-0.25, -0.2) is 0 Å². The Balaban J connectivity index is 2.57. The molecule has 0 heteroatoms. The quantitative estimate of drug-likeness (QED) is 0.480. The highest BCUT2D eigenvalue weighted by atomic mass is 14.1. The maximum absolute atomic E-state index is 2.42. The van der Waals surface area contributed by atoms with Crippen LogP contribution in [0.3, 0.4) is 0 Å². The minimum atomic E-state index is 0.798. The predicted molar refractivity (Wildman–Crippen MR) is 59.8 cm³/mol. The van der Waals surface area contributed by atoms with E-state index in [-0.39, 0.29) is 0 Å². The molecule has 0 aromatic heterocycles. The second kappa shape index (κ2) is 5.26. The predicted octanol–water partition coefficient (Wildman–Crippen LogP) is 4.48. The standard InChI is InChI=1S/C13H22/c1-11-7-4-5-9-12(2)13(3)10-6-8-11/h7,10,12H,4-6,8-9H2,1-3H3/b11-7-,13-10-. The molecule has 0 aliphatic heterocycles. The average Bonchev–Trinajstić information content (AvgIpc) is 2.11. The van der Waals surface area contributed by atoms with Gasteiger partial charge in [0.15, 0.2) is 0 Å². The lowest BCUT2D eigenvalue weighted by Crippen LogP contribution is -1.97. The number of allylic oxidation sites excluding steroid dienone is 4. The average molecular weight is 178 g/mol. The highest BCUT2D eigenvalue weighted by Crippen LogP contribution is 2.21. The maximum Gasteiger partial charge on any atom is -0.0234 e. The molecule has 0 nitrogen and oxygen atoms in total. The second-order valence-electron chi connectivity index (χ2n) is 4.37. The van der Waals surface area contributed by atoms with Gasteiger partial charge in [0.1, 0.15) is 0 Å². The second-order valence-corrected chi connectivity index (χ2v) is 4.37. The monoisotopic (exact) mass is 178 g/mol. The summed E-state index contributed by atoms with van der Waals surface area (Å²) in [5.41, 5.74) is 3.16. The smallest absolute Gasteiger partial charge is 0.0234 e. The number of hydrogen-bond donors (Lipinski definition) is 0. The molecule has 1 aliphatic rings. The molecular weight excluding hydrogens is 156 g/mol. The highest BCUT2D eigenvalue weighted by molar-refractivity contribution is 5.07. The van der Waals surface area contributed by atoms with Gasteiger partial charge in [-0.15, -0.1) is 0 Å². The first-order valence-electron chi connectivity index (χ1n) is 5.52. The summed E-state index contributed by atoms with van der Waals surface area (Å²) in [6, 6.07) is 0. The van der Waals surface area contributed by atoms with Crippen LogP contribution in [-0.2, 0) is 0 Å². The molecule has 1 atom stereocenters. The first-order chi connectivity index (χ1) is 6.20. The van der Waals surface area contributed by atoms with Crippen LogP contribution in [0.4, 0.5) is 0 Å². The molecule has 0 aromatic carbocycles. The Kier molecular flexibility index (Phi) is 4.27. The Labute approximate surface area is 82.7 Å². The Morgan fingerprint density at radius 1 is 1.15 bits per heavy atom. The third-order valence-electron chi connectivity index (χ3n) is 3.12. The van der Waals surface area contributed by atoms with Gasteiger partial charge in [-0.3, -0.25) is 0 Å². The van der Waals surface area contributed by atoms with Crippen LogP contribution in [0.5, 0.6) is 0 Å². The summed E-state index contributed by atoms with van der Waals surface area (Å²) in [6.07, 6.45) is 11.3. The molecule has 0 N–H and O–H groups in total. The van der Waals surface area contributed by atoms with Gasteiger partial charge in [0.25, 0.3) is 0 Å². The Bertz CT molecular complexity index is 208. The topological polar surface area (TPSA) is 0 Å². The van der Waals surface area contributed by atoms with E-state index in [1.807, 2.05) is 0 Å². The number of rotatable bonds is 0. The van der Waals surface area contributed by atoms with Crippen molar-refractivity contribution in [3.05, 3.63) is 23.3 Å². The third-order valence-corrected chi connectivity index (χ3v) is 3.12. The van der Waals surface area contributed by atoms with Crippen LogP contribution < -0.4 is 0 Å². The SMILES string of the molecule is C/C1=C/CCCC(C)/C(C)=C\CC1. The molecule has 0 amide bonds. The van der Waals surface area contributed by atoms with Crippen LogP contribution in [0.2, 0.25) is 0 Å². The summed E-state index contributed by atoms with van der Waals surface area (Å²) in [4.78, 5) is 0. The van der Waals surface area contributed by atoms with E-state index >= 15 is 0 Å². The zero-order valence-corrected chi connectivity index (χ0v) is 9.27. The Morgan fingerprint density at radius 2 is 1.92 bits per heavy atom. The van der Waals surface area contributed by atoms with Crippen molar-refractivity contribution >= 4 is 0 Å². The summed E-state index contributed by atoms with van der Waals surface area (Å²) in [5.74, 6) is 0.798.